The second-order valence-electron chi connectivity index (χ2n) is 3.59. The summed E-state index contributed by atoms with van der Waals surface area (Å²) in [5.74, 6) is 0.0984. The minimum absolute atomic E-state index is 0.0984. The average molecular weight is 295 g/mol. The van der Waals surface area contributed by atoms with Crippen LogP contribution in [0.5, 0.6) is 0 Å². The predicted molar refractivity (Wildman–Crippen MR) is 68.5 cm³/mol. The van der Waals surface area contributed by atoms with Gasteiger partial charge in [0.15, 0.2) is 5.84 Å². The number of nitrogens with two attached hydrogens (primary N) is 1. The van der Waals surface area contributed by atoms with Crippen LogP contribution in [0.2, 0.25) is 0 Å². The van der Waals surface area contributed by atoms with E-state index in [1.54, 1.807) is 16.9 Å². The molecule has 2 aromatic rings. The normalized spacial score (nSPS) is 11.8. The fraction of sp³-hybridized carbons (Fsp3) is 0.0909. The molecule has 2 rings (SSSR count). The van der Waals surface area contributed by atoms with E-state index in [2.05, 4.69) is 26.2 Å². The first-order valence-corrected chi connectivity index (χ1v) is 5.70. The number of hydrogen-bond donors (Lipinski definition) is 2. The van der Waals surface area contributed by atoms with Crippen molar-refractivity contribution in [1.29, 1.82) is 0 Å². The van der Waals surface area contributed by atoms with E-state index in [9.17, 15) is 0 Å². The van der Waals surface area contributed by atoms with Crippen molar-refractivity contribution >= 4 is 21.8 Å². The summed E-state index contributed by atoms with van der Waals surface area (Å²) in [6, 6.07) is 5.51. The van der Waals surface area contributed by atoms with Crippen LogP contribution in [0.15, 0.2) is 40.2 Å². The molecule has 0 aliphatic rings. The van der Waals surface area contributed by atoms with Crippen LogP contribution in [0.4, 0.5) is 0 Å². The van der Waals surface area contributed by atoms with Gasteiger partial charge in [-0.1, -0.05) is 5.16 Å². The number of benzene rings is 1. The van der Waals surface area contributed by atoms with Crippen molar-refractivity contribution < 1.29 is 5.21 Å². The van der Waals surface area contributed by atoms with Crippen LogP contribution in [0.25, 0.3) is 5.69 Å². The number of aromatic nitrogens is 2. The summed E-state index contributed by atoms with van der Waals surface area (Å²) in [6.07, 6.45) is 3.59. The van der Waals surface area contributed by atoms with Crippen molar-refractivity contribution in [3.05, 3.63) is 46.2 Å². The van der Waals surface area contributed by atoms with E-state index in [1.165, 1.54) is 0 Å². The molecular formula is C11H11BrN4O. The lowest BCUT2D eigenvalue weighted by atomic mass is 10.1. The zero-order valence-electron chi connectivity index (χ0n) is 9.13. The van der Waals surface area contributed by atoms with E-state index < -0.39 is 0 Å². The number of aryl methyl sites for hydroxylation is 1. The van der Waals surface area contributed by atoms with Crippen molar-refractivity contribution in [1.82, 2.24) is 9.78 Å². The third kappa shape index (κ3) is 2.31. The molecule has 3 N–H and O–H groups in total. The van der Waals surface area contributed by atoms with Crippen molar-refractivity contribution in [2.45, 2.75) is 6.92 Å². The first-order valence-electron chi connectivity index (χ1n) is 4.91. The number of hydrogen-bond acceptors (Lipinski definition) is 3. The van der Waals surface area contributed by atoms with Gasteiger partial charge in [-0.2, -0.15) is 5.10 Å². The standard InChI is InChI=1S/C11H11BrN4O/c1-7-4-8(11(13)15-17)2-3-10(7)16-6-9(12)5-14-16/h2-6,17H,1H3,(H2,13,15). The van der Waals surface area contributed by atoms with Gasteiger partial charge in [0.1, 0.15) is 0 Å². The molecule has 5 nitrogen and oxygen atoms in total. The Balaban J connectivity index is 2.45. The fourth-order valence-corrected chi connectivity index (χ4v) is 1.85. The molecule has 1 aromatic carbocycles. The molecule has 17 heavy (non-hydrogen) atoms. The predicted octanol–water partition coefficient (Wildman–Crippen LogP) is 2.04. The third-order valence-electron chi connectivity index (χ3n) is 2.40. The molecule has 0 amide bonds. The lowest BCUT2D eigenvalue weighted by Crippen LogP contribution is -2.13. The average Bonchev–Trinajstić information content (AvgIpc) is 2.74. The number of oxime groups is 1. The highest BCUT2D eigenvalue weighted by atomic mass is 79.9. The Morgan fingerprint density at radius 3 is 2.82 bits per heavy atom. The van der Waals surface area contributed by atoms with Crippen LogP contribution in [-0.2, 0) is 0 Å². The highest BCUT2D eigenvalue weighted by molar-refractivity contribution is 9.10. The first-order chi connectivity index (χ1) is 8.11. The topological polar surface area (TPSA) is 76.4 Å². The molecule has 0 saturated heterocycles. The minimum atomic E-state index is 0.0984. The molecule has 0 radical (unpaired) electrons. The molecule has 0 aliphatic heterocycles. The minimum Gasteiger partial charge on any atom is -0.409 e. The number of amidine groups is 1. The van der Waals surface area contributed by atoms with Crippen molar-refractivity contribution in [3.8, 4) is 5.69 Å². The Labute approximate surface area is 107 Å². The molecule has 0 fully saturated rings. The van der Waals surface area contributed by atoms with Gasteiger partial charge >= 0.3 is 0 Å². The van der Waals surface area contributed by atoms with E-state index in [0.29, 0.717) is 5.56 Å². The summed E-state index contributed by atoms with van der Waals surface area (Å²) in [5, 5.41) is 15.8. The van der Waals surface area contributed by atoms with Gasteiger partial charge in [0.05, 0.1) is 16.4 Å². The van der Waals surface area contributed by atoms with Gasteiger partial charge in [-0.15, -0.1) is 0 Å². The van der Waals surface area contributed by atoms with Crippen LogP contribution in [0.3, 0.4) is 0 Å². The molecule has 88 valence electrons. The van der Waals surface area contributed by atoms with Crippen molar-refractivity contribution in [2.75, 3.05) is 0 Å². The Kier molecular flexibility index (Phi) is 3.14. The van der Waals surface area contributed by atoms with Crippen molar-refractivity contribution in [3.63, 3.8) is 0 Å². The summed E-state index contributed by atoms with van der Waals surface area (Å²) >= 11 is 3.35. The molecule has 6 heteroatoms. The maximum Gasteiger partial charge on any atom is 0.170 e. The quantitative estimate of drug-likeness (QED) is 0.385. The lowest BCUT2D eigenvalue weighted by molar-refractivity contribution is 0.318. The molecule has 0 unspecified atom stereocenters. The van der Waals surface area contributed by atoms with E-state index in [1.807, 2.05) is 25.3 Å². The molecule has 1 aromatic heterocycles. The largest absolute Gasteiger partial charge is 0.409 e. The first kappa shape index (κ1) is 11.7. The molecular weight excluding hydrogens is 284 g/mol. The maximum absolute atomic E-state index is 8.61. The van der Waals surface area contributed by atoms with Crippen LogP contribution in [0.1, 0.15) is 11.1 Å². The van der Waals surface area contributed by atoms with Crippen LogP contribution in [0, 0.1) is 6.92 Å². The Morgan fingerprint density at radius 1 is 1.53 bits per heavy atom. The second kappa shape index (κ2) is 4.58. The SMILES string of the molecule is Cc1cc(/C(N)=N/O)ccc1-n1cc(Br)cn1. The van der Waals surface area contributed by atoms with Gasteiger partial charge < -0.3 is 10.9 Å². The van der Waals surface area contributed by atoms with Crippen LogP contribution in [-0.4, -0.2) is 20.8 Å². The number of rotatable bonds is 2. The summed E-state index contributed by atoms with van der Waals surface area (Å²) in [7, 11) is 0. The molecule has 0 spiro atoms. The summed E-state index contributed by atoms with van der Waals surface area (Å²) in [5.41, 5.74) is 8.15. The van der Waals surface area contributed by atoms with Gasteiger partial charge in [-0.25, -0.2) is 4.68 Å². The third-order valence-corrected chi connectivity index (χ3v) is 2.81. The van der Waals surface area contributed by atoms with Gasteiger partial charge in [-0.3, -0.25) is 0 Å². The van der Waals surface area contributed by atoms with Crippen LogP contribution >= 0.6 is 15.9 Å². The molecule has 0 atom stereocenters. The second-order valence-corrected chi connectivity index (χ2v) is 4.51. The Hall–Kier alpha value is -1.82. The number of nitrogens with zero attached hydrogens (tertiary/aromatic N) is 3. The number of halogens is 1. The zero-order chi connectivity index (χ0) is 12.4. The molecule has 0 aliphatic carbocycles. The van der Waals surface area contributed by atoms with Crippen LogP contribution < -0.4 is 5.73 Å². The molecule has 0 bridgehead atoms. The van der Waals surface area contributed by atoms with Gasteiger partial charge in [0.2, 0.25) is 0 Å². The molecule has 1 heterocycles. The zero-order valence-corrected chi connectivity index (χ0v) is 10.7. The van der Waals surface area contributed by atoms with Gasteiger partial charge in [-0.05, 0) is 46.6 Å². The smallest absolute Gasteiger partial charge is 0.170 e. The maximum atomic E-state index is 8.61. The lowest BCUT2D eigenvalue weighted by Gasteiger charge is -2.07. The van der Waals surface area contributed by atoms with E-state index in [0.717, 1.165) is 15.7 Å². The summed E-state index contributed by atoms with van der Waals surface area (Å²) < 4.78 is 2.67. The van der Waals surface area contributed by atoms with E-state index in [-0.39, 0.29) is 5.84 Å². The van der Waals surface area contributed by atoms with Gasteiger partial charge in [0.25, 0.3) is 0 Å². The fourth-order valence-electron chi connectivity index (χ4n) is 1.56. The highest BCUT2D eigenvalue weighted by Crippen LogP contribution is 2.17. The summed E-state index contributed by atoms with van der Waals surface area (Å²) in [6.45, 7) is 1.94. The van der Waals surface area contributed by atoms with Crippen molar-refractivity contribution in [2.24, 2.45) is 10.9 Å². The Bertz CT molecular complexity index is 577. The Morgan fingerprint density at radius 2 is 2.29 bits per heavy atom. The molecule has 0 saturated carbocycles. The summed E-state index contributed by atoms with van der Waals surface area (Å²) in [4.78, 5) is 0. The van der Waals surface area contributed by atoms with Gasteiger partial charge in [0, 0.05) is 11.8 Å². The van der Waals surface area contributed by atoms with E-state index in [4.69, 9.17) is 10.9 Å². The monoisotopic (exact) mass is 294 g/mol. The van der Waals surface area contributed by atoms with E-state index >= 15 is 0 Å². The highest BCUT2D eigenvalue weighted by Gasteiger charge is 2.06.